The van der Waals surface area contributed by atoms with E-state index in [-0.39, 0.29) is 38.6 Å². The van der Waals surface area contributed by atoms with Crippen molar-refractivity contribution in [1.82, 2.24) is 0 Å². The molecule has 0 rings (SSSR count). The number of carbonyl (C=O) groups is 2. The molecule has 434 valence electrons. The van der Waals surface area contributed by atoms with Crippen molar-refractivity contribution in [2.45, 2.75) is 290 Å². The number of rotatable bonds is 58. The van der Waals surface area contributed by atoms with Gasteiger partial charge < -0.3 is 20.1 Å². The normalized spacial score (nSPS) is 13.6. The summed E-state index contributed by atoms with van der Waals surface area (Å²) in [6.45, 7) is 3.65. The molecule has 0 aromatic heterocycles. The first-order chi connectivity index (χ1) is 36.8. The molecule has 0 heterocycles. The van der Waals surface area contributed by atoms with Crippen LogP contribution >= 0.6 is 7.82 Å². The Hall–Kier alpha value is -2.81. The minimum absolute atomic E-state index is 0.0512. The summed E-state index contributed by atoms with van der Waals surface area (Å²) in [6, 6.07) is 0. The third kappa shape index (κ3) is 60.3. The van der Waals surface area contributed by atoms with Gasteiger partial charge in [0.15, 0.2) is 6.10 Å². The summed E-state index contributed by atoms with van der Waals surface area (Å²) in [5, 5.41) is 0. The molecule has 9 nitrogen and oxygen atoms in total. The summed E-state index contributed by atoms with van der Waals surface area (Å²) in [7, 11) is -4.39. The molecule has 0 aromatic carbocycles. The van der Waals surface area contributed by atoms with Crippen molar-refractivity contribution in [1.29, 1.82) is 0 Å². The van der Waals surface area contributed by atoms with Crippen LogP contribution in [0.3, 0.4) is 0 Å². The highest BCUT2D eigenvalue weighted by atomic mass is 31.2. The largest absolute Gasteiger partial charge is 0.472 e. The van der Waals surface area contributed by atoms with Crippen molar-refractivity contribution >= 4 is 19.8 Å². The molecule has 2 unspecified atom stereocenters. The number of phosphoric acid groups is 1. The number of carbonyl (C=O) groups excluding carboxylic acids is 2. The molecular weight excluding hydrogens is 954 g/mol. The van der Waals surface area contributed by atoms with Gasteiger partial charge in [-0.15, -0.1) is 0 Å². The molecule has 0 aliphatic heterocycles. The number of esters is 2. The highest BCUT2D eigenvalue weighted by Crippen LogP contribution is 2.43. The molecule has 0 saturated carbocycles. The van der Waals surface area contributed by atoms with Gasteiger partial charge in [-0.3, -0.25) is 18.6 Å². The molecule has 0 radical (unpaired) electrons. The fraction of sp³-hybridized carbons (Fsp3) is 0.754. The van der Waals surface area contributed by atoms with Crippen LogP contribution in [0.15, 0.2) is 85.1 Å². The maximum absolute atomic E-state index is 12.7. The van der Waals surface area contributed by atoms with Gasteiger partial charge in [0, 0.05) is 19.4 Å². The van der Waals surface area contributed by atoms with Crippen molar-refractivity contribution < 1.29 is 37.6 Å². The average Bonchev–Trinajstić information content (AvgIpc) is 3.40. The van der Waals surface area contributed by atoms with E-state index < -0.39 is 26.5 Å². The molecule has 0 fully saturated rings. The lowest BCUT2D eigenvalue weighted by Gasteiger charge is -2.19. The van der Waals surface area contributed by atoms with Gasteiger partial charge in [0.1, 0.15) is 6.61 Å². The van der Waals surface area contributed by atoms with Gasteiger partial charge in [0.25, 0.3) is 0 Å². The van der Waals surface area contributed by atoms with Crippen LogP contribution in [0.1, 0.15) is 284 Å². The van der Waals surface area contributed by atoms with Gasteiger partial charge in [-0.2, -0.15) is 0 Å². The van der Waals surface area contributed by atoms with E-state index in [0.29, 0.717) is 6.42 Å². The van der Waals surface area contributed by atoms with E-state index >= 15 is 0 Å². The highest BCUT2D eigenvalue weighted by molar-refractivity contribution is 7.47. The summed E-state index contributed by atoms with van der Waals surface area (Å²) >= 11 is 0. The number of phosphoric ester groups is 1. The third-order valence-electron chi connectivity index (χ3n) is 13.3. The van der Waals surface area contributed by atoms with Crippen LogP contribution in [0.2, 0.25) is 0 Å². The van der Waals surface area contributed by atoms with Crippen molar-refractivity contribution in [3.05, 3.63) is 85.1 Å². The summed E-state index contributed by atoms with van der Waals surface area (Å²) in [4.78, 5) is 35.2. The highest BCUT2D eigenvalue weighted by Gasteiger charge is 2.26. The number of ether oxygens (including phenoxy) is 2. The second-order valence-electron chi connectivity index (χ2n) is 20.5. The zero-order valence-corrected chi connectivity index (χ0v) is 49.4. The van der Waals surface area contributed by atoms with Gasteiger partial charge in [-0.25, -0.2) is 4.57 Å². The molecule has 0 bridgehead atoms. The molecule has 0 aliphatic carbocycles. The van der Waals surface area contributed by atoms with Crippen LogP contribution in [-0.4, -0.2) is 49.3 Å². The molecule has 10 heteroatoms. The van der Waals surface area contributed by atoms with Crippen molar-refractivity contribution in [2.75, 3.05) is 26.4 Å². The van der Waals surface area contributed by atoms with Gasteiger partial charge in [0.05, 0.1) is 13.2 Å². The number of nitrogens with two attached hydrogens (primary N) is 1. The molecule has 75 heavy (non-hydrogen) atoms. The number of hydrogen-bond donors (Lipinski definition) is 2. The molecule has 0 saturated heterocycles. The summed E-state index contributed by atoms with van der Waals surface area (Å²) in [6.07, 6.45) is 79.3. The van der Waals surface area contributed by atoms with Crippen LogP contribution in [0.25, 0.3) is 0 Å². The minimum atomic E-state index is -4.39. The standard InChI is InChI=1S/C65H116NO8P/c1-3-5-7-9-11-13-15-17-19-21-23-25-26-27-28-29-30-31-32-33-34-35-36-38-40-42-44-46-48-50-52-54-56-58-65(68)74-63(62-73-75(69,70)72-60-59-66)61-71-64(67)57-55-53-51-49-47-45-43-41-39-37-24-22-20-18-16-14-12-10-8-6-4-2/h5,7,11,13,17,19,22-25,27-28,30-31,63H,3-4,6,8-10,12,14-16,18,20-21,26,29,32-62,66H2,1-2H3,(H,69,70)/b7-5-,13-11-,19-17-,24-22-,25-23-,28-27-,31-30-. The Bertz CT molecular complexity index is 1500. The SMILES string of the molecule is CC/C=C\C/C=C\C/C=C\C/C=C\C/C=C\C/C=C\CCCCCCCCCCCCCCCCC(=O)OC(COC(=O)CCCCCCCCCCC/C=C\CCCCCCCCCC)COP(=O)(O)OCCN. The van der Waals surface area contributed by atoms with Crippen molar-refractivity contribution in [3.8, 4) is 0 Å². The topological polar surface area (TPSA) is 134 Å². The predicted molar refractivity (Wildman–Crippen MR) is 321 cm³/mol. The molecule has 0 aromatic rings. The van der Waals surface area contributed by atoms with Crippen LogP contribution < -0.4 is 5.73 Å². The lowest BCUT2D eigenvalue weighted by Crippen LogP contribution is -2.29. The van der Waals surface area contributed by atoms with E-state index in [4.69, 9.17) is 24.3 Å². The van der Waals surface area contributed by atoms with Gasteiger partial charge in [0.2, 0.25) is 0 Å². The maximum atomic E-state index is 12.7. The zero-order chi connectivity index (χ0) is 54.5. The first kappa shape index (κ1) is 72.2. The zero-order valence-electron chi connectivity index (χ0n) is 48.5. The van der Waals surface area contributed by atoms with E-state index in [9.17, 15) is 19.0 Å². The van der Waals surface area contributed by atoms with Crippen molar-refractivity contribution in [2.24, 2.45) is 5.73 Å². The van der Waals surface area contributed by atoms with Crippen LogP contribution in [0, 0.1) is 0 Å². The van der Waals surface area contributed by atoms with E-state index in [1.165, 1.54) is 173 Å². The summed E-state index contributed by atoms with van der Waals surface area (Å²) < 4.78 is 33.1. The van der Waals surface area contributed by atoms with Crippen LogP contribution in [-0.2, 0) is 32.7 Å². The molecule has 2 atom stereocenters. The van der Waals surface area contributed by atoms with E-state index in [0.717, 1.165) is 77.0 Å². The second kappa shape index (κ2) is 60.4. The Kier molecular flexibility index (Phi) is 58.2. The molecule has 3 N–H and O–H groups in total. The Morgan fingerprint density at radius 3 is 1.11 bits per heavy atom. The predicted octanol–water partition coefficient (Wildman–Crippen LogP) is 19.9. The average molecular weight is 1070 g/mol. The van der Waals surface area contributed by atoms with E-state index in [2.05, 4.69) is 98.9 Å². The first-order valence-corrected chi connectivity index (χ1v) is 32.6. The van der Waals surface area contributed by atoms with Gasteiger partial charge in [-0.1, -0.05) is 266 Å². The number of allylic oxidation sites excluding steroid dienone is 14. The fourth-order valence-electron chi connectivity index (χ4n) is 8.69. The summed E-state index contributed by atoms with van der Waals surface area (Å²) in [5.74, 6) is -0.824. The number of unbranched alkanes of at least 4 members (excludes halogenated alkanes) is 31. The summed E-state index contributed by atoms with van der Waals surface area (Å²) in [5.41, 5.74) is 5.39. The second-order valence-corrected chi connectivity index (χ2v) is 22.0. The van der Waals surface area contributed by atoms with Gasteiger partial charge in [-0.05, 0) is 89.9 Å². The molecule has 0 amide bonds. The Labute approximate surface area is 462 Å². The third-order valence-corrected chi connectivity index (χ3v) is 14.2. The fourth-order valence-corrected chi connectivity index (χ4v) is 9.46. The molecule has 0 aliphatic rings. The molecular formula is C65H116NO8P. The quantitative estimate of drug-likeness (QED) is 0.0264. The monoisotopic (exact) mass is 1070 g/mol. The van der Waals surface area contributed by atoms with Gasteiger partial charge >= 0.3 is 19.8 Å². The smallest absolute Gasteiger partial charge is 0.462 e. The lowest BCUT2D eigenvalue weighted by atomic mass is 10.0. The van der Waals surface area contributed by atoms with E-state index in [1.807, 2.05) is 0 Å². The van der Waals surface area contributed by atoms with E-state index in [1.54, 1.807) is 0 Å². The lowest BCUT2D eigenvalue weighted by molar-refractivity contribution is -0.161. The Morgan fingerprint density at radius 1 is 0.413 bits per heavy atom. The Balaban J connectivity index is 3.93. The first-order valence-electron chi connectivity index (χ1n) is 31.1. The van der Waals surface area contributed by atoms with Crippen LogP contribution in [0.5, 0.6) is 0 Å². The van der Waals surface area contributed by atoms with Crippen LogP contribution in [0.4, 0.5) is 0 Å². The Morgan fingerprint density at radius 2 is 0.733 bits per heavy atom. The molecule has 0 spiro atoms. The van der Waals surface area contributed by atoms with Crippen molar-refractivity contribution in [3.63, 3.8) is 0 Å². The minimum Gasteiger partial charge on any atom is -0.462 e. The maximum Gasteiger partial charge on any atom is 0.472 e. The number of hydrogen-bond acceptors (Lipinski definition) is 8.